The van der Waals surface area contributed by atoms with Crippen LogP contribution in [0, 0.1) is 5.21 Å². The third-order valence-corrected chi connectivity index (χ3v) is 4.97. The van der Waals surface area contributed by atoms with Crippen LogP contribution in [-0.4, -0.2) is 28.4 Å². The minimum absolute atomic E-state index is 0.213. The van der Waals surface area contributed by atoms with Crippen LogP contribution >= 0.6 is 11.6 Å². The van der Waals surface area contributed by atoms with E-state index in [1.165, 1.54) is 6.20 Å². The molecule has 0 saturated carbocycles. The van der Waals surface area contributed by atoms with E-state index < -0.39 is 0 Å². The highest BCUT2D eigenvalue weighted by molar-refractivity contribution is 6.18. The molecule has 0 bridgehead atoms. The fraction of sp³-hybridized carbons (Fsp3) is 0.286. The zero-order chi connectivity index (χ0) is 20.3. The van der Waals surface area contributed by atoms with Gasteiger partial charge in [0, 0.05) is 10.9 Å². The molecular formula is C21H22ClNO5. The second-order valence-electron chi connectivity index (χ2n) is 6.18. The van der Waals surface area contributed by atoms with Gasteiger partial charge in [0.1, 0.15) is 0 Å². The topological polar surface area (TPSA) is 63.9 Å². The molecule has 0 radical (unpaired) electrons. The Labute approximate surface area is 168 Å². The summed E-state index contributed by atoms with van der Waals surface area (Å²) in [6, 6.07) is 9.26. The van der Waals surface area contributed by atoms with Crippen LogP contribution in [-0.2, 0) is 12.3 Å². The molecule has 0 aliphatic rings. The smallest absolute Gasteiger partial charge is 0.205 e. The summed E-state index contributed by atoms with van der Waals surface area (Å²) < 4.78 is 22.3. The third-order valence-electron chi connectivity index (χ3n) is 4.68. The first-order chi connectivity index (χ1) is 13.6. The highest BCUT2D eigenvalue weighted by Crippen LogP contribution is 2.36. The van der Waals surface area contributed by atoms with Gasteiger partial charge in [-0.2, -0.15) is 4.73 Å². The maximum Gasteiger partial charge on any atom is 0.205 e. The molecule has 0 N–H and O–H groups in total. The molecule has 0 aliphatic carbocycles. The summed E-state index contributed by atoms with van der Waals surface area (Å²) in [5, 5.41) is 14.4. The quantitative estimate of drug-likeness (QED) is 0.341. The highest BCUT2D eigenvalue weighted by atomic mass is 35.5. The molecule has 28 heavy (non-hydrogen) atoms. The predicted molar refractivity (Wildman–Crippen MR) is 108 cm³/mol. The van der Waals surface area contributed by atoms with Crippen molar-refractivity contribution in [3.8, 4) is 23.0 Å². The van der Waals surface area contributed by atoms with E-state index in [0.717, 1.165) is 26.6 Å². The zero-order valence-corrected chi connectivity index (χ0v) is 17.0. The van der Waals surface area contributed by atoms with E-state index in [-0.39, 0.29) is 5.88 Å². The van der Waals surface area contributed by atoms with Crippen molar-refractivity contribution < 1.29 is 23.7 Å². The molecule has 0 spiro atoms. The minimum Gasteiger partial charge on any atom is -0.618 e. The van der Waals surface area contributed by atoms with Crippen LogP contribution in [0.3, 0.4) is 0 Å². The summed E-state index contributed by atoms with van der Waals surface area (Å²) >= 11 is 6.08. The van der Waals surface area contributed by atoms with Gasteiger partial charge in [0.15, 0.2) is 29.2 Å². The number of ether oxygens (including phenoxy) is 4. The molecule has 0 atom stereocenters. The molecule has 2 aromatic carbocycles. The first-order valence-electron chi connectivity index (χ1n) is 8.62. The van der Waals surface area contributed by atoms with E-state index in [0.29, 0.717) is 35.1 Å². The number of hydrogen-bond acceptors (Lipinski definition) is 5. The van der Waals surface area contributed by atoms with Gasteiger partial charge in [-0.3, -0.25) is 0 Å². The molecule has 3 rings (SSSR count). The minimum atomic E-state index is 0.213. The van der Waals surface area contributed by atoms with Crippen molar-refractivity contribution in [2.45, 2.75) is 12.3 Å². The monoisotopic (exact) mass is 403 g/mol. The Morgan fingerprint density at radius 2 is 1.39 bits per heavy atom. The van der Waals surface area contributed by atoms with Crippen molar-refractivity contribution in [2.24, 2.45) is 0 Å². The Hall–Kier alpha value is -2.86. The van der Waals surface area contributed by atoms with Crippen LogP contribution in [0.1, 0.15) is 16.8 Å². The number of hydrogen-bond donors (Lipinski definition) is 0. The predicted octanol–water partition coefficient (Wildman–Crippen LogP) is 3.84. The molecule has 0 amide bonds. The Morgan fingerprint density at radius 1 is 0.821 bits per heavy atom. The summed E-state index contributed by atoms with van der Waals surface area (Å²) in [6.07, 6.45) is 1.91. The van der Waals surface area contributed by atoms with Gasteiger partial charge in [0.2, 0.25) is 5.69 Å². The number of aromatic nitrogens is 1. The lowest BCUT2D eigenvalue weighted by atomic mass is 10.00. The Balaban J connectivity index is 2.19. The van der Waals surface area contributed by atoms with E-state index in [2.05, 4.69) is 0 Å². The third kappa shape index (κ3) is 3.60. The van der Waals surface area contributed by atoms with Gasteiger partial charge in [-0.15, -0.1) is 11.6 Å². The van der Waals surface area contributed by atoms with E-state index in [9.17, 15) is 5.21 Å². The van der Waals surface area contributed by atoms with Crippen LogP contribution in [0.2, 0.25) is 0 Å². The molecule has 0 saturated heterocycles. The number of benzene rings is 2. The Bertz CT molecular complexity index is 1010. The van der Waals surface area contributed by atoms with Gasteiger partial charge in [0.05, 0.1) is 46.1 Å². The number of nitrogens with zero attached hydrogens (tertiary/aromatic N) is 1. The van der Waals surface area contributed by atoms with Gasteiger partial charge in [0.25, 0.3) is 0 Å². The van der Waals surface area contributed by atoms with Gasteiger partial charge < -0.3 is 24.2 Å². The lowest BCUT2D eigenvalue weighted by Gasteiger charge is -2.15. The Morgan fingerprint density at radius 3 is 1.96 bits per heavy atom. The van der Waals surface area contributed by atoms with E-state index >= 15 is 0 Å². The number of rotatable bonds is 7. The SMILES string of the molecule is COc1ccc(Cc2c3cc(OC)c(OC)cc3c(CCl)c[n+]2[O-])cc1OC. The summed E-state index contributed by atoms with van der Waals surface area (Å²) in [4.78, 5) is 0. The summed E-state index contributed by atoms with van der Waals surface area (Å²) in [7, 11) is 6.30. The van der Waals surface area contributed by atoms with Crippen LogP contribution in [0.25, 0.3) is 10.8 Å². The van der Waals surface area contributed by atoms with Crippen LogP contribution < -0.4 is 23.7 Å². The fourth-order valence-corrected chi connectivity index (χ4v) is 3.47. The van der Waals surface area contributed by atoms with Gasteiger partial charge in [-0.1, -0.05) is 6.07 Å². The average molecular weight is 404 g/mol. The van der Waals surface area contributed by atoms with Crippen LogP contribution in [0.5, 0.6) is 23.0 Å². The van der Waals surface area contributed by atoms with Gasteiger partial charge in [-0.25, -0.2) is 0 Å². The normalized spacial score (nSPS) is 10.8. The van der Waals surface area contributed by atoms with Crippen molar-refractivity contribution in [3.63, 3.8) is 0 Å². The first kappa shape index (κ1) is 19.9. The van der Waals surface area contributed by atoms with Gasteiger partial charge in [-0.05, 0) is 29.8 Å². The number of halogens is 1. The fourth-order valence-electron chi connectivity index (χ4n) is 3.25. The van der Waals surface area contributed by atoms with E-state index in [1.807, 2.05) is 30.3 Å². The molecule has 148 valence electrons. The van der Waals surface area contributed by atoms with Gasteiger partial charge >= 0.3 is 0 Å². The molecule has 1 aromatic heterocycles. The summed E-state index contributed by atoms with van der Waals surface area (Å²) in [5.41, 5.74) is 2.22. The van der Waals surface area contributed by atoms with E-state index in [1.54, 1.807) is 28.4 Å². The molecular weight excluding hydrogens is 382 g/mol. The second kappa shape index (κ2) is 8.44. The number of pyridine rings is 1. The maximum absolute atomic E-state index is 12.8. The van der Waals surface area contributed by atoms with Crippen molar-refractivity contribution in [2.75, 3.05) is 28.4 Å². The van der Waals surface area contributed by atoms with Crippen molar-refractivity contribution in [1.82, 2.24) is 0 Å². The van der Waals surface area contributed by atoms with Crippen LogP contribution in [0.15, 0.2) is 36.5 Å². The molecule has 1 heterocycles. The standard InChI is InChI=1S/C21H22ClNO5/c1-25-18-6-5-13(8-19(18)26-2)7-17-16-10-21(28-4)20(27-3)9-15(16)14(11-22)12-23(17)24/h5-6,8-10,12H,7,11H2,1-4H3. The first-order valence-corrected chi connectivity index (χ1v) is 9.16. The zero-order valence-electron chi connectivity index (χ0n) is 16.2. The molecule has 7 heteroatoms. The Kier molecular flexibility index (Phi) is 5.99. The molecule has 0 fully saturated rings. The average Bonchev–Trinajstić information content (AvgIpc) is 2.74. The summed E-state index contributed by atoms with van der Waals surface area (Å²) in [6.45, 7) is 0. The second-order valence-corrected chi connectivity index (χ2v) is 6.45. The van der Waals surface area contributed by atoms with Crippen molar-refractivity contribution in [1.29, 1.82) is 0 Å². The molecule has 6 nitrogen and oxygen atoms in total. The largest absolute Gasteiger partial charge is 0.618 e. The molecule has 0 aliphatic heterocycles. The number of methoxy groups -OCH3 is 4. The van der Waals surface area contributed by atoms with Crippen LogP contribution in [0.4, 0.5) is 0 Å². The van der Waals surface area contributed by atoms with Crippen molar-refractivity contribution in [3.05, 3.63) is 58.6 Å². The van der Waals surface area contributed by atoms with E-state index in [4.69, 9.17) is 30.5 Å². The molecule has 0 unspecified atom stereocenters. The lowest BCUT2D eigenvalue weighted by Crippen LogP contribution is -2.32. The maximum atomic E-state index is 12.8. The lowest BCUT2D eigenvalue weighted by molar-refractivity contribution is -0.612. The summed E-state index contributed by atoms with van der Waals surface area (Å²) in [5.74, 6) is 2.59. The number of alkyl halides is 1. The highest BCUT2D eigenvalue weighted by Gasteiger charge is 2.20. The van der Waals surface area contributed by atoms with Crippen molar-refractivity contribution >= 4 is 22.4 Å². The molecule has 3 aromatic rings. The number of fused-ring (bicyclic) bond motifs is 1.